The van der Waals surface area contributed by atoms with E-state index in [0.29, 0.717) is 10.6 Å². The molecule has 114 valence electrons. The second-order valence-electron chi connectivity index (χ2n) is 4.51. The van der Waals surface area contributed by atoms with Gasteiger partial charge in [0.2, 0.25) is 5.91 Å². The summed E-state index contributed by atoms with van der Waals surface area (Å²) in [5.41, 5.74) is 5.57. The maximum absolute atomic E-state index is 12.2. The van der Waals surface area contributed by atoms with Crippen molar-refractivity contribution in [2.45, 2.75) is 22.9 Å². The molecule has 3 N–H and O–H groups in total. The number of primary amides is 1. The quantitative estimate of drug-likeness (QED) is 0.835. The summed E-state index contributed by atoms with van der Waals surface area (Å²) in [7, 11) is 0. The first-order valence-corrected chi connectivity index (χ1v) is 8.07. The van der Waals surface area contributed by atoms with Crippen molar-refractivity contribution >= 4 is 39.5 Å². The molecule has 7 heteroatoms. The molecule has 0 saturated carbocycles. The number of benzene rings is 1. The summed E-state index contributed by atoms with van der Waals surface area (Å²) in [6, 6.07) is 10.3. The zero-order valence-electron chi connectivity index (χ0n) is 11.7. The largest absolute Gasteiger partial charge is 0.368 e. The van der Waals surface area contributed by atoms with Crippen LogP contribution in [0.15, 0.2) is 57.0 Å². The Morgan fingerprint density at radius 3 is 2.59 bits per heavy atom. The van der Waals surface area contributed by atoms with Gasteiger partial charge in [-0.3, -0.25) is 9.59 Å². The number of carbonyl (C=O) groups excluding carboxylic acids is 2. The van der Waals surface area contributed by atoms with Crippen LogP contribution in [0.1, 0.15) is 17.3 Å². The van der Waals surface area contributed by atoms with Gasteiger partial charge >= 0.3 is 0 Å². The van der Waals surface area contributed by atoms with Crippen molar-refractivity contribution in [1.29, 1.82) is 0 Å². The molecule has 2 rings (SSSR count). The van der Waals surface area contributed by atoms with Crippen molar-refractivity contribution in [3.63, 3.8) is 0 Å². The lowest BCUT2D eigenvalue weighted by molar-refractivity contribution is -0.119. The minimum Gasteiger partial charge on any atom is -0.368 e. The van der Waals surface area contributed by atoms with Crippen LogP contribution in [0.3, 0.4) is 0 Å². The Balaban J connectivity index is 2.21. The number of rotatable bonds is 5. The maximum Gasteiger partial charge on any atom is 0.254 e. The third-order valence-corrected chi connectivity index (χ3v) is 4.37. The molecule has 1 heterocycles. The molecule has 1 aromatic carbocycles. The van der Waals surface area contributed by atoms with E-state index in [1.54, 1.807) is 18.3 Å². The van der Waals surface area contributed by atoms with Crippen LogP contribution < -0.4 is 11.1 Å². The molecule has 0 spiro atoms. The summed E-state index contributed by atoms with van der Waals surface area (Å²) in [4.78, 5) is 28.5. The highest BCUT2D eigenvalue weighted by Crippen LogP contribution is 2.29. The van der Waals surface area contributed by atoms with E-state index in [4.69, 9.17) is 5.73 Å². The average molecular weight is 380 g/mol. The maximum atomic E-state index is 12.2. The molecule has 2 amide bonds. The van der Waals surface area contributed by atoms with E-state index < -0.39 is 11.9 Å². The van der Waals surface area contributed by atoms with Crippen LogP contribution in [0.25, 0.3) is 0 Å². The van der Waals surface area contributed by atoms with Gasteiger partial charge in [-0.25, -0.2) is 4.98 Å². The summed E-state index contributed by atoms with van der Waals surface area (Å²) >= 11 is 4.75. The summed E-state index contributed by atoms with van der Waals surface area (Å²) in [6.45, 7) is 1.54. The molecule has 1 aromatic heterocycles. The first kappa shape index (κ1) is 16.5. The number of hydrogen-bond donors (Lipinski definition) is 2. The van der Waals surface area contributed by atoms with Gasteiger partial charge in [-0.1, -0.05) is 27.7 Å². The SMILES string of the molecule is CC(NC(=O)c1cccnc1Sc1ccc(Br)cc1)C(N)=O. The predicted molar refractivity (Wildman–Crippen MR) is 88.6 cm³/mol. The summed E-state index contributed by atoms with van der Waals surface area (Å²) in [5, 5.41) is 3.13. The van der Waals surface area contributed by atoms with Crippen molar-refractivity contribution in [3.05, 3.63) is 52.6 Å². The monoisotopic (exact) mass is 379 g/mol. The lowest BCUT2D eigenvalue weighted by Gasteiger charge is -2.12. The molecule has 1 unspecified atom stereocenters. The number of nitrogens with zero attached hydrogens (tertiary/aromatic N) is 1. The van der Waals surface area contributed by atoms with E-state index in [-0.39, 0.29) is 5.91 Å². The molecule has 5 nitrogen and oxygen atoms in total. The molecule has 0 fully saturated rings. The van der Waals surface area contributed by atoms with E-state index in [9.17, 15) is 9.59 Å². The Kier molecular flexibility index (Phi) is 5.57. The van der Waals surface area contributed by atoms with Gasteiger partial charge in [-0.05, 0) is 43.3 Å². The smallest absolute Gasteiger partial charge is 0.254 e. The van der Waals surface area contributed by atoms with E-state index >= 15 is 0 Å². The molecular formula is C15H14BrN3O2S. The zero-order valence-corrected chi connectivity index (χ0v) is 14.1. The Hall–Kier alpha value is -1.86. The zero-order chi connectivity index (χ0) is 16.1. The second kappa shape index (κ2) is 7.42. The van der Waals surface area contributed by atoms with E-state index in [2.05, 4.69) is 26.2 Å². The van der Waals surface area contributed by atoms with Crippen molar-refractivity contribution in [1.82, 2.24) is 10.3 Å². The van der Waals surface area contributed by atoms with Gasteiger partial charge in [0.15, 0.2) is 0 Å². The molecule has 22 heavy (non-hydrogen) atoms. The third-order valence-electron chi connectivity index (χ3n) is 2.82. The number of pyridine rings is 1. The topological polar surface area (TPSA) is 85.1 Å². The molecule has 0 aliphatic carbocycles. The van der Waals surface area contributed by atoms with Gasteiger partial charge < -0.3 is 11.1 Å². The highest BCUT2D eigenvalue weighted by molar-refractivity contribution is 9.10. The lowest BCUT2D eigenvalue weighted by Crippen LogP contribution is -2.42. The third kappa shape index (κ3) is 4.32. The van der Waals surface area contributed by atoms with Crippen LogP contribution in [0, 0.1) is 0 Å². The molecule has 0 saturated heterocycles. The van der Waals surface area contributed by atoms with Crippen LogP contribution >= 0.6 is 27.7 Å². The van der Waals surface area contributed by atoms with Gasteiger partial charge in [-0.15, -0.1) is 0 Å². The Morgan fingerprint density at radius 1 is 1.27 bits per heavy atom. The van der Waals surface area contributed by atoms with E-state index in [0.717, 1.165) is 9.37 Å². The number of amides is 2. The number of carbonyl (C=O) groups is 2. The van der Waals surface area contributed by atoms with Crippen LogP contribution in [0.4, 0.5) is 0 Å². The van der Waals surface area contributed by atoms with Crippen LogP contribution in [-0.4, -0.2) is 22.8 Å². The second-order valence-corrected chi connectivity index (χ2v) is 6.49. The van der Waals surface area contributed by atoms with Gasteiger partial charge in [0.25, 0.3) is 5.91 Å². The van der Waals surface area contributed by atoms with Gasteiger partial charge in [0.05, 0.1) is 5.56 Å². The van der Waals surface area contributed by atoms with Crippen LogP contribution in [0.2, 0.25) is 0 Å². The summed E-state index contributed by atoms with van der Waals surface area (Å²) in [6.07, 6.45) is 1.62. The van der Waals surface area contributed by atoms with Gasteiger partial charge in [0, 0.05) is 15.6 Å². The minimum absolute atomic E-state index is 0.376. The first-order chi connectivity index (χ1) is 10.5. The molecule has 1 atom stereocenters. The molecular weight excluding hydrogens is 366 g/mol. The number of halogens is 1. The lowest BCUT2D eigenvalue weighted by atomic mass is 10.2. The molecule has 0 bridgehead atoms. The first-order valence-electron chi connectivity index (χ1n) is 6.46. The predicted octanol–water partition coefficient (Wildman–Crippen LogP) is 2.60. The van der Waals surface area contributed by atoms with Crippen molar-refractivity contribution in [2.24, 2.45) is 5.73 Å². The van der Waals surface area contributed by atoms with Crippen LogP contribution in [-0.2, 0) is 4.79 Å². The standard InChI is InChI=1S/C15H14BrN3O2S/c1-9(13(17)20)19-14(21)12-3-2-8-18-15(12)22-11-6-4-10(16)5-7-11/h2-9H,1H3,(H2,17,20)(H,19,21). The van der Waals surface area contributed by atoms with Crippen LogP contribution in [0.5, 0.6) is 0 Å². The van der Waals surface area contributed by atoms with Gasteiger partial charge in [0.1, 0.15) is 11.1 Å². The van der Waals surface area contributed by atoms with Crippen molar-refractivity contribution in [2.75, 3.05) is 0 Å². The normalized spacial score (nSPS) is 11.7. The number of aromatic nitrogens is 1. The fourth-order valence-electron chi connectivity index (χ4n) is 1.60. The fourth-order valence-corrected chi connectivity index (χ4v) is 2.75. The Labute approximate surface area is 140 Å². The summed E-state index contributed by atoms with van der Waals surface area (Å²) in [5.74, 6) is -0.960. The number of hydrogen-bond acceptors (Lipinski definition) is 4. The van der Waals surface area contributed by atoms with Crippen molar-refractivity contribution < 1.29 is 9.59 Å². The number of nitrogens with two attached hydrogens (primary N) is 1. The average Bonchev–Trinajstić information content (AvgIpc) is 2.50. The molecule has 0 aliphatic rings. The highest BCUT2D eigenvalue weighted by Gasteiger charge is 2.17. The van der Waals surface area contributed by atoms with E-state index in [1.165, 1.54) is 18.7 Å². The fraction of sp³-hybridized carbons (Fsp3) is 0.133. The molecule has 0 aliphatic heterocycles. The Bertz CT molecular complexity index is 691. The molecule has 0 radical (unpaired) electrons. The highest BCUT2D eigenvalue weighted by atomic mass is 79.9. The van der Waals surface area contributed by atoms with Gasteiger partial charge in [-0.2, -0.15) is 0 Å². The number of nitrogens with one attached hydrogen (secondary N) is 1. The van der Waals surface area contributed by atoms with E-state index in [1.807, 2.05) is 24.3 Å². The van der Waals surface area contributed by atoms with Crippen molar-refractivity contribution in [3.8, 4) is 0 Å². The summed E-state index contributed by atoms with van der Waals surface area (Å²) < 4.78 is 0.978. The molecule has 2 aromatic rings. The minimum atomic E-state index is -0.738. The Morgan fingerprint density at radius 2 is 1.95 bits per heavy atom.